The summed E-state index contributed by atoms with van der Waals surface area (Å²) in [5.74, 6) is 2.35. The number of nitrogens with zero attached hydrogens (tertiary/aromatic N) is 5. The molecule has 1 saturated heterocycles. The zero-order valence-electron chi connectivity index (χ0n) is 15.7. The molecular formula is C21H21N5O2. The third-order valence-corrected chi connectivity index (χ3v) is 4.96. The minimum absolute atomic E-state index is 0.668. The molecule has 4 aromatic rings. The number of furan rings is 1. The summed E-state index contributed by atoms with van der Waals surface area (Å²) in [7, 11) is 0. The van der Waals surface area contributed by atoms with E-state index in [0.717, 1.165) is 49.3 Å². The number of aromatic nitrogens is 4. The highest BCUT2D eigenvalue weighted by atomic mass is 16.5. The van der Waals surface area contributed by atoms with Crippen LogP contribution in [0.1, 0.15) is 17.1 Å². The average Bonchev–Trinajstić information content (AvgIpc) is 3.34. The second-order valence-corrected chi connectivity index (χ2v) is 6.94. The molecule has 0 bridgehead atoms. The van der Waals surface area contributed by atoms with Crippen molar-refractivity contribution in [3.05, 3.63) is 65.9 Å². The standard InChI is InChI=1S/C21H21N5O2/c1-15-2-7-19(28-15)18-13-22-14-21-23-20(24-26(18)21)12-16-3-5-17(6-4-16)25-8-10-27-11-9-25/h2-7,13-14H,8-12H2,1H3. The van der Waals surface area contributed by atoms with E-state index in [4.69, 9.17) is 9.15 Å². The van der Waals surface area contributed by atoms with Crippen molar-refractivity contribution in [2.24, 2.45) is 0 Å². The Balaban J connectivity index is 1.39. The van der Waals surface area contributed by atoms with Crippen molar-refractivity contribution in [2.45, 2.75) is 13.3 Å². The van der Waals surface area contributed by atoms with Gasteiger partial charge in [0, 0.05) is 25.2 Å². The fraction of sp³-hybridized carbons (Fsp3) is 0.286. The highest BCUT2D eigenvalue weighted by molar-refractivity contribution is 5.56. The summed E-state index contributed by atoms with van der Waals surface area (Å²) < 4.78 is 13.0. The summed E-state index contributed by atoms with van der Waals surface area (Å²) >= 11 is 0. The lowest BCUT2D eigenvalue weighted by Crippen LogP contribution is -2.36. The molecule has 3 aromatic heterocycles. The maximum absolute atomic E-state index is 5.73. The molecule has 5 rings (SSSR count). The smallest absolute Gasteiger partial charge is 0.174 e. The van der Waals surface area contributed by atoms with Crippen molar-refractivity contribution < 1.29 is 9.15 Å². The third kappa shape index (κ3) is 3.25. The molecular weight excluding hydrogens is 354 g/mol. The van der Waals surface area contributed by atoms with Crippen molar-refractivity contribution in [3.63, 3.8) is 0 Å². The maximum Gasteiger partial charge on any atom is 0.174 e. The molecule has 1 aromatic carbocycles. The van der Waals surface area contributed by atoms with Crippen molar-refractivity contribution >= 4 is 11.3 Å². The van der Waals surface area contributed by atoms with E-state index >= 15 is 0 Å². The van der Waals surface area contributed by atoms with E-state index in [1.165, 1.54) is 11.3 Å². The molecule has 1 aliphatic rings. The van der Waals surface area contributed by atoms with E-state index in [0.29, 0.717) is 12.1 Å². The molecule has 0 spiro atoms. The Hall–Kier alpha value is -3.19. The van der Waals surface area contributed by atoms with Gasteiger partial charge in [0.05, 0.1) is 25.6 Å². The first-order valence-corrected chi connectivity index (χ1v) is 9.44. The highest BCUT2D eigenvalue weighted by Crippen LogP contribution is 2.22. The molecule has 0 amide bonds. The van der Waals surface area contributed by atoms with E-state index < -0.39 is 0 Å². The van der Waals surface area contributed by atoms with Gasteiger partial charge < -0.3 is 14.1 Å². The number of fused-ring (bicyclic) bond motifs is 1. The van der Waals surface area contributed by atoms with E-state index in [1.54, 1.807) is 16.9 Å². The number of rotatable bonds is 4. The number of ether oxygens (including phenoxy) is 1. The third-order valence-electron chi connectivity index (χ3n) is 4.96. The van der Waals surface area contributed by atoms with Crippen molar-refractivity contribution in [1.29, 1.82) is 0 Å². The van der Waals surface area contributed by atoms with Crippen LogP contribution in [-0.4, -0.2) is 45.9 Å². The first-order chi connectivity index (χ1) is 13.8. The van der Waals surface area contributed by atoms with E-state index in [2.05, 4.69) is 44.2 Å². The van der Waals surface area contributed by atoms with Crippen molar-refractivity contribution in [3.8, 4) is 11.5 Å². The number of anilines is 1. The van der Waals surface area contributed by atoms with Crippen LogP contribution in [0.5, 0.6) is 0 Å². The topological polar surface area (TPSA) is 68.7 Å². The fourth-order valence-corrected chi connectivity index (χ4v) is 3.50. The lowest BCUT2D eigenvalue weighted by Gasteiger charge is -2.28. The van der Waals surface area contributed by atoms with Gasteiger partial charge in [0.25, 0.3) is 0 Å². The summed E-state index contributed by atoms with van der Waals surface area (Å²) in [5.41, 5.74) is 3.92. The van der Waals surface area contributed by atoms with Crippen LogP contribution in [0.2, 0.25) is 0 Å². The Morgan fingerprint density at radius 3 is 2.57 bits per heavy atom. The van der Waals surface area contributed by atoms with E-state index in [-0.39, 0.29) is 0 Å². The lowest BCUT2D eigenvalue weighted by atomic mass is 10.1. The molecule has 142 valence electrons. The molecule has 0 saturated carbocycles. The molecule has 1 fully saturated rings. The Labute approximate surface area is 162 Å². The highest BCUT2D eigenvalue weighted by Gasteiger charge is 2.14. The largest absolute Gasteiger partial charge is 0.460 e. The normalized spacial score (nSPS) is 14.7. The van der Waals surface area contributed by atoms with Crippen LogP contribution in [-0.2, 0) is 11.2 Å². The Bertz CT molecular complexity index is 1090. The summed E-state index contributed by atoms with van der Waals surface area (Å²) in [6.07, 6.45) is 4.14. The van der Waals surface area contributed by atoms with Crippen molar-refractivity contribution in [1.82, 2.24) is 19.6 Å². The zero-order valence-corrected chi connectivity index (χ0v) is 15.7. The summed E-state index contributed by atoms with van der Waals surface area (Å²) in [5, 5.41) is 4.68. The fourth-order valence-electron chi connectivity index (χ4n) is 3.50. The van der Waals surface area contributed by atoms with Crippen LogP contribution >= 0.6 is 0 Å². The van der Waals surface area contributed by atoms with Gasteiger partial charge in [-0.15, -0.1) is 0 Å². The first kappa shape index (κ1) is 16.9. The second-order valence-electron chi connectivity index (χ2n) is 6.94. The second kappa shape index (κ2) is 7.09. The Morgan fingerprint density at radius 2 is 1.82 bits per heavy atom. The lowest BCUT2D eigenvalue weighted by molar-refractivity contribution is 0.122. The van der Waals surface area contributed by atoms with Gasteiger partial charge in [-0.05, 0) is 36.8 Å². The molecule has 4 heterocycles. The van der Waals surface area contributed by atoms with Gasteiger partial charge in [0.15, 0.2) is 17.2 Å². The van der Waals surface area contributed by atoms with Gasteiger partial charge >= 0.3 is 0 Å². The average molecular weight is 375 g/mol. The van der Waals surface area contributed by atoms with Gasteiger partial charge in [0.2, 0.25) is 0 Å². The predicted molar refractivity (Wildman–Crippen MR) is 106 cm³/mol. The predicted octanol–water partition coefficient (Wildman–Crippen LogP) is 3.12. The van der Waals surface area contributed by atoms with Crippen LogP contribution in [0.3, 0.4) is 0 Å². The maximum atomic E-state index is 5.73. The number of benzene rings is 1. The van der Waals surface area contributed by atoms with Gasteiger partial charge in [-0.1, -0.05) is 12.1 Å². The van der Waals surface area contributed by atoms with E-state index in [9.17, 15) is 0 Å². The molecule has 0 unspecified atom stereocenters. The Kier molecular flexibility index (Phi) is 4.29. The van der Waals surface area contributed by atoms with Crippen molar-refractivity contribution in [2.75, 3.05) is 31.2 Å². The monoisotopic (exact) mass is 375 g/mol. The van der Waals surface area contributed by atoms with Crippen LogP contribution in [0.15, 0.2) is 53.2 Å². The number of aryl methyl sites for hydroxylation is 1. The first-order valence-electron chi connectivity index (χ1n) is 9.44. The van der Waals surface area contributed by atoms with Gasteiger partial charge in [0.1, 0.15) is 11.5 Å². The summed E-state index contributed by atoms with van der Waals surface area (Å²) in [4.78, 5) is 11.3. The number of morpholine rings is 1. The summed E-state index contributed by atoms with van der Waals surface area (Å²) in [6, 6.07) is 12.5. The molecule has 0 aliphatic carbocycles. The molecule has 0 N–H and O–H groups in total. The van der Waals surface area contributed by atoms with Crippen LogP contribution in [0.4, 0.5) is 5.69 Å². The van der Waals surface area contributed by atoms with Crippen LogP contribution in [0.25, 0.3) is 17.1 Å². The molecule has 7 heteroatoms. The summed E-state index contributed by atoms with van der Waals surface area (Å²) in [6.45, 7) is 5.38. The van der Waals surface area contributed by atoms with Gasteiger partial charge in [-0.3, -0.25) is 4.98 Å². The SMILES string of the molecule is Cc1ccc(-c2cncc3nc(Cc4ccc(N5CCOCC5)cc4)nn23)o1. The van der Waals surface area contributed by atoms with Gasteiger partial charge in [-0.25, -0.2) is 9.50 Å². The molecule has 1 aliphatic heterocycles. The number of hydrogen-bond donors (Lipinski definition) is 0. The minimum Gasteiger partial charge on any atom is -0.460 e. The van der Waals surface area contributed by atoms with Crippen LogP contribution < -0.4 is 4.90 Å². The quantitative estimate of drug-likeness (QED) is 0.546. The number of hydrogen-bond acceptors (Lipinski definition) is 6. The molecule has 28 heavy (non-hydrogen) atoms. The molecule has 7 nitrogen and oxygen atoms in total. The zero-order chi connectivity index (χ0) is 18.9. The Morgan fingerprint density at radius 1 is 1.00 bits per heavy atom. The van der Waals surface area contributed by atoms with Crippen LogP contribution in [0, 0.1) is 6.92 Å². The van der Waals surface area contributed by atoms with E-state index in [1.807, 2.05) is 19.1 Å². The minimum atomic E-state index is 0.668. The molecule has 0 radical (unpaired) electrons. The van der Waals surface area contributed by atoms with Gasteiger partial charge in [-0.2, -0.15) is 5.10 Å². The molecule has 0 atom stereocenters.